The van der Waals surface area contributed by atoms with Gasteiger partial charge in [-0.2, -0.15) is 0 Å². The predicted molar refractivity (Wildman–Crippen MR) is 81.6 cm³/mol. The molecule has 0 aliphatic rings. The molecule has 0 N–H and O–H groups in total. The van der Waals surface area contributed by atoms with Crippen LogP contribution in [0.1, 0.15) is 18.9 Å². The zero-order chi connectivity index (χ0) is 13.5. The van der Waals surface area contributed by atoms with Gasteiger partial charge in [0.2, 0.25) is 0 Å². The van der Waals surface area contributed by atoms with Crippen LogP contribution in [0.25, 0.3) is 11.1 Å². The molecule has 98 valence electrons. The number of methoxy groups -OCH3 is 1. The van der Waals surface area contributed by atoms with Gasteiger partial charge in [-0.3, -0.25) is 0 Å². The van der Waals surface area contributed by atoms with Gasteiger partial charge in [-0.1, -0.05) is 48.6 Å². The molecule has 2 aromatic carbocycles. The molecule has 0 aliphatic heterocycles. The third kappa shape index (κ3) is 3.72. The van der Waals surface area contributed by atoms with Gasteiger partial charge < -0.3 is 4.74 Å². The van der Waals surface area contributed by atoms with Crippen molar-refractivity contribution in [1.82, 2.24) is 0 Å². The molecule has 1 heteroatoms. The Hall–Kier alpha value is -2.02. The second kappa shape index (κ2) is 6.79. The van der Waals surface area contributed by atoms with E-state index in [2.05, 4.69) is 55.5 Å². The molecule has 0 unspecified atom stereocenters. The van der Waals surface area contributed by atoms with Crippen molar-refractivity contribution in [3.63, 3.8) is 0 Å². The maximum absolute atomic E-state index is 5.17. The smallest absolute Gasteiger partial charge is 0.118 e. The van der Waals surface area contributed by atoms with Crippen LogP contribution in [-0.4, -0.2) is 7.11 Å². The van der Waals surface area contributed by atoms with Crippen LogP contribution in [0.2, 0.25) is 0 Å². The first kappa shape index (κ1) is 13.4. The SMILES string of the molecule is CC=CCCc1ccc(-c2ccc(OC)cc2)cc1. The van der Waals surface area contributed by atoms with Crippen molar-refractivity contribution in [2.75, 3.05) is 7.11 Å². The van der Waals surface area contributed by atoms with Crippen molar-refractivity contribution in [1.29, 1.82) is 0 Å². The van der Waals surface area contributed by atoms with E-state index in [0.29, 0.717) is 0 Å². The largest absolute Gasteiger partial charge is 0.497 e. The Labute approximate surface area is 115 Å². The van der Waals surface area contributed by atoms with Gasteiger partial charge in [0, 0.05) is 0 Å². The van der Waals surface area contributed by atoms with E-state index in [4.69, 9.17) is 4.74 Å². The number of benzene rings is 2. The summed E-state index contributed by atoms with van der Waals surface area (Å²) in [6.07, 6.45) is 6.52. The first-order valence-corrected chi connectivity index (χ1v) is 6.68. The maximum Gasteiger partial charge on any atom is 0.118 e. The fourth-order valence-corrected chi connectivity index (χ4v) is 2.06. The van der Waals surface area contributed by atoms with Gasteiger partial charge in [0.25, 0.3) is 0 Å². The Morgan fingerprint density at radius 2 is 1.47 bits per heavy atom. The minimum atomic E-state index is 0.895. The molecule has 0 spiro atoms. The highest BCUT2D eigenvalue weighted by Crippen LogP contribution is 2.22. The van der Waals surface area contributed by atoms with E-state index in [0.717, 1.165) is 18.6 Å². The molecule has 0 amide bonds. The lowest BCUT2D eigenvalue weighted by Crippen LogP contribution is -1.85. The van der Waals surface area contributed by atoms with Crippen molar-refractivity contribution in [3.8, 4) is 16.9 Å². The topological polar surface area (TPSA) is 9.23 Å². The van der Waals surface area contributed by atoms with Crippen LogP contribution in [0.4, 0.5) is 0 Å². The number of hydrogen-bond donors (Lipinski definition) is 0. The lowest BCUT2D eigenvalue weighted by molar-refractivity contribution is 0.415. The first-order chi connectivity index (χ1) is 9.33. The van der Waals surface area contributed by atoms with E-state index >= 15 is 0 Å². The van der Waals surface area contributed by atoms with Gasteiger partial charge in [0.05, 0.1) is 7.11 Å². The Morgan fingerprint density at radius 1 is 0.895 bits per heavy atom. The van der Waals surface area contributed by atoms with Crippen LogP contribution >= 0.6 is 0 Å². The average molecular weight is 252 g/mol. The molecule has 0 saturated carbocycles. The van der Waals surface area contributed by atoms with E-state index in [1.54, 1.807) is 7.11 Å². The van der Waals surface area contributed by atoms with E-state index < -0.39 is 0 Å². The molecule has 2 aromatic rings. The number of rotatable bonds is 5. The van der Waals surface area contributed by atoms with Crippen molar-refractivity contribution >= 4 is 0 Å². The molecular formula is C18H20O. The third-order valence-corrected chi connectivity index (χ3v) is 3.21. The summed E-state index contributed by atoms with van der Waals surface area (Å²) >= 11 is 0. The molecule has 2 rings (SSSR count). The Kier molecular flexibility index (Phi) is 4.79. The maximum atomic E-state index is 5.17. The van der Waals surface area contributed by atoms with E-state index in [9.17, 15) is 0 Å². The summed E-state index contributed by atoms with van der Waals surface area (Å²) < 4.78 is 5.17. The molecule has 1 nitrogen and oxygen atoms in total. The Morgan fingerprint density at radius 3 is 2.00 bits per heavy atom. The second-order valence-corrected chi connectivity index (χ2v) is 4.53. The van der Waals surface area contributed by atoms with Crippen LogP contribution in [0.15, 0.2) is 60.7 Å². The number of hydrogen-bond acceptors (Lipinski definition) is 1. The molecule has 0 aromatic heterocycles. The van der Waals surface area contributed by atoms with Crippen LogP contribution < -0.4 is 4.74 Å². The van der Waals surface area contributed by atoms with Gasteiger partial charge in [-0.05, 0) is 48.6 Å². The summed E-state index contributed by atoms with van der Waals surface area (Å²) in [5, 5.41) is 0. The highest BCUT2D eigenvalue weighted by molar-refractivity contribution is 5.64. The molecule has 0 fully saturated rings. The number of ether oxygens (including phenoxy) is 1. The standard InChI is InChI=1S/C18H20O/c1-3-4-5-6-15-7-9-16(10-8-15)17-11-13-18(19-2)14-12-17/h3-4,7-14H,5-6H2,1-2H3. The van der Waals surface area contributed by atoms with Gasteiger partial charge in [-0.25, -0.2) is 0 Å². The molecule has 0 aliphatic carbocycles. The highest BCUT2D eigenvalue weighted by atomic mass is 16.5. The van der Waals surface area contributed by atoms with Gasteiger partial charge >= 0.3 is 0 Å². The van der Waals surface area contributed by atoms with Crippen molar-refractivity contribution < 1.29 is 4.74 Å². The zero-order valence-corrected chi connectivity index (χ0v) is 11.6. The van der Waals surface area contributed by atoms with Crippen LogP contribution in [0.3, 0.4) is 0 Å². The summed E-state index contributed by atoms with van der Waals surface area (Å²) in [6, 6.07) is 17.0. The predicted octanol–water partition coefficient (Wildman–Crippen LogP) is 4.87. The van der Waals surface area contributed by atoms with E-state index in [-0.39, 0.29) is 0 Å². The third-order valence-electron chi connectivity index (χ3n) is 3.21. The average Bonchev–Trinajstić information content (AvgIpc) is 2.48. The van der Waals surface area contributed by atoms with Crippen molar-refractivity contribution in [2.24, 2.45) is 0 Å². The fraction of sp³-hybridized carbons (Fsp3) is 0.222. The summed E-state index contributed by atoms with van der Waals surface area (Å²) in [5.41, 5.74) is 3.86. The lowest BCUT2D eigenvalue weighted by Gasteiger charge is -2.05. The summed E-state index contributed by atoms with van der Waals surface area (Å²) in [5.74, 6) is 0.895. The molecule has 0 atom stereocenters. The fourth-order valence-electron chi connectivity index (χ4n) is 2.06. The second-order valence-electron chi connectivity index (χ2n) is 4.53. The molecule has 0 saturated heterocycles. The van der Waals surface area contributed by atoms with Crippen LogP contribution in [0.5, 0.6) is 5.75 Å². The zero-order valence-electron chi connectivity index (χ0n) is 11.6. The molecule has 19 heavy (non-hydrogen) atoms. The summed E-state index contributed by atoms with van der Waals surface area (Å²) in [4.78, 5) is 0. The van der Waals surface area contributed by atoms with Gasteiger partial charge in [-0.15, -0.1) is 0 Å². The normalized spacial score (nSPS) is 10.8. The Balaban J connectivity index is 2.08. The number of allylic oxidation sites excluding steroid dienone is 2. The molecule has 0 bridgehead atoms. The highest BCUT2D eigenvalue weighted by Gasteiger charge is 1.98. The number of aryl methyl sites for hydroxylation is 1. The van der Waals surface area contributed by atoms with Crippen molar-refractivity contribution in [2.45, 2.75) is 19.8 Å². The molecule has 0 heterocycles. The van der Waals surface area contributed by atoms with E-state index in [1.165, 1.54) is 16.7 Å². The monoisotopic (exact) mass is 252 g/mol. The minimum absolute atomic E-state index is 0.895. The van der Waals surface area contributed by atoms with Gasteiger partial charge in [0.1, 0.15) is 5.75 Å². The lowest BCUT2D eigenvalue weighted by atomic mass is 10.0. The molecule has 0 radical (unpaired) electrons. The minimum Gasteiger partial charge on any atom is -0.497 e. The van der Waals surface area contributed by atoms with E-state index in [1.807, 2.05) is 12.1 Å². The summed E-state index contributed by atoms with van der Waals surface area (Å²) in [7, 11) is 1.69. The van der Waals surface area contributed by atoms with Gasteiger partial charge in [0.15, 0.2) is 0 Å². The first-order valence-electron chi connectivity index (χ1n) is 6.68. The Bertz CT molecular complexity index is 521. The van der Waals surface area contributed by atoms with Crippen LogP contribution in [0, 0.1) is 0 Å². The van der Waals surface area contributed by atoms with Crippen molar-refractivity contribution in [3.05, 3.63) is 66.2 Å². The summed E-state index contributed by atoms with van der Waals surface area (Å²) in [6.45, 7) is 2.06. The van der Waals surface area contributed by atoms with Crippen LogP contribution in [-0.2, 0) is 6.42 Å². The quantitative estimate of drug-likeness (QED) is 0.690. The molecular weight excluding hydrogens is 232 g/mol.